The average Bonchev–Trinajstić information content (AvgIpc) is 1.55. The summed E-state index contributed by atoms with van der Waals surface area (Å²) in [5.41, 5.74) is 16.2. The molecule has 0 aliphatic heterocycles. The van der Waals surface area contributed by atoms with Gasteiger partial charge >= 0.3 is 0 Å². The Kier molecular flexibility index (Phi) is 14.2. The van der Waals surface area contributed by atoms with Crippen LogP contribution in [0.1, 0.15) is 105 Å². The molecule has 1 aliphatic carbocycles. The maximum absolute atomic E-state index is 9.21. The summed E-state index contributed by atoms with van der Waals surface area (Å²) in [4.78, 5) is 0. The molecule has 0 radical (unpaired) electrons. The number of hydrogen-bond donors (Lipinski definition) is 0. The van der Waals surface area contributed by atoms with Gasteiger partial charge in [0.2, 0.25) is 17.1 Å². The summed E-state index contributed by atoms with van der Waals surface area (Å²) in [5.74, 6) is -1.03. The second kappa shape index (κ2) is 24.2. The number of fused-ring (bicyclic) bond motifs is 12. The molecule has 10 aromatic carbocycles. The summed E-state index contributed by atoms with van der Waals surface area (Å²) in [5, 5.41) is 15.2. The van der Waals surface area contributed by atoms with Crippen molar-refractivity contribution in [2.75, 3.05) is 0 Å². The fraction of sp³-hybridized carbons (Fsp3) is 0.207. The highest BCUT2D eigenvalue weighted by molar-refractivity contribution is 7.26. The number of aryl methyl sites for hydroxylation is 7. The van der Waals surface area contributed by atoms with Gasteiger partial charge in [-0.15, -0.1) is 34.0 Å². The number of rotatable bonds is 6. The molecule has 6 aromatic heterocycles. The molecule has 0 N–H and O–H groups in total. The van der Waals surface area contributed by atoms with E-state index in [1.165, 1.54) is 143 Å². The monoisotopic (exact) mass is 1270 g/mol. The molecule has 1 aliphatic rings. The molecule has 1 fully saturated rings. The van der Waals surface area contributed by atoms with Crippen LogP contribution in [0, 0.1) is 33.0 Å². The molecule has 3 nitrogen and oxygen atoms in total. The molecule has 6 heteroatoms. The van der Waals surface area contributed by atoms with E-state index in [-0.39, 0.29) is 0 Å². The third-order valence-corrected chi connectivity index (χ3v) is 23.0. The van der Waals surface area contributed by atoms with Crippen LogP contribution >= 0.6 is 34.0 Å². The maximum atomic E-state index is 9.21. The van der Waals surface area contributed by atoms with Gasteiger partial charge in [0, 0.05) is 88.2 Å². The summed E-state index contributed by atoms with van der Waals surface area (Å²) in [6, 6.07) is 73.8. The van der Waals surface area contributed by atoms with E-state index < -0.39 is 18.6 Å². The number of pyridine rings is 3. The van der Waals surface area contributed by atoms with Gasteiger partial charge in [-0.25, -0.2) is 0 Å². The zero-order valence-corrected chi connectivity index (χ0v) is 57.2. The van der Waals surface area contributed by atoms with Crippen LogP contribution in [0.15, 0.2) is 225 Å². The summed E-state index contributed by atoms with van der Waals surface area (Å²) in [6.45, 7) is 12.8. The first-order valence-corrected chi connectivity index (χ1v) is 35.0. The van der Waals surface area contributed by atoms with E-state index in [2.05, 4.69) is 263 Å². The predicted octanol–water partition coefficient (Wildman–Crippen LogP) is 23.8. The van der Waals surface area contributed by atoms with Gasteiger partial charge in [0.1, 0.15) is 21.1 Å². The lowest BCUT2D eigenvalue weighted by Gasteiger charge is -2.34. The van der Waals surface area contributed by atoms with Crippen LogP contribution in [0.4, 0.5) is 0 Å². The Hall–Kier alpha value is -8.91. The van der Waals surface area contributed by atoms with Crippen molar-refractivity contribution in [1.29, 1.82) is 0 Å². The van der Waals surface area contributed by atoms with Crippen LogP contribution < -0.4 is 13.7 Å². The van der Waals surface area contributed by atoms with Crippen molar-refractivity contribution in [3.63, 3.8) is 0 Å². The minimum absolute atomic E-state index is 0.373. The van der Waals surface area contributed by atoms with Crippen molar-refractivity contribution in [3.8, 4) is 44.9 Å². The van der Waals surface area contributed by atoms with Crippen molar-refractivity contribution in [1.82, 2.24) is 0 Å². The maximum Gasteiger partial charge on any atom is 0.213 e. The first kappa shape index (κ1) is 54.6. The molecule has 93 heavy (non-hydrogen) atoms. The van der Waals surface area contributed by atoms with Crippen molar-refractivity contribution < 1.29 is 20.6 Å². The molecule has 0 atom stereocenters. The van der Waals surface area contributed by atoms with Crippen molar-refractivity contribution in [2.45, 2.75) is 92.8 Å². The molecular formula is C87H80N3S3+3. The Labute approximate surface area is 566 Å². The highest BCUT2D eigenvalue weighted by Gasteiger charge is 2.28. The summed E-state index contributed by atoms with van der Waals surface area (Å²) >= 11 is 5.53. The van der Waals surface area contributed by atoms with Gasteiger partial charge in [-0.3, -0.25) is 0 Å². The van der Waals surface area contributed by atoms with Gasteiger partial charge < -0.3 is 0 Å². The molecule has 6 heterocycles. The van der Waals surface area contributed by atoms with Crippen LogP contribution in [0.2, 0.25) is 0 Å². The Bertz CT molecular complexity index is 5860. The third-order valence-electron chi connectivity index (χ3n) is 19.7. The van der Waals surface area contributed by atoms with E-state index in [9.17, 15) is 1.37 Å². The Morgan fingerprint density at radius 2 is 0.860 bits per heavy atom. The van der Waals surface area contributed by atoms with Crippen LogP contribution in [0.3, 0.4) is 0 Å². The van der Waals surface area contributed by atoms with Gasteiger partial charge in [-0.05, 0) is 202 Å². The van der Waals surface area contributed by atoms with Crippen molar-refractivity contribution in [3.05, 3.63) is 258 Å². The average molecular weight is 1270 g/mol. The van der Waals surface area contributed by atoms with E-state index in [4.69, 9.17) is 5.48 Å². The van der Waals surface area contributed by atoms with Gasteiger partial charge in [-0.2, -0.15) is 13.7 Å². The molecule has 0 unspecified atom stereocenters. The summed E-state index contributed by atoms with van der Waals surface area (Å²) in [6.07, 6.45) is 10.9. The van der Waals surface area contributed by atoms with Crippen molar-refractivity contribution in [2.24, 2.45) is 26.6 Å². The smallest absolute Gasteiger partial charge is 0.200 e. The van der Waals surface area contributed by atoms with Crippen molar-refractivity contribution >= 4 is 127 Å². The SMILES string of the molecule is [2H]C(C)(C)c1ccc2cc3c(cc2c1)sc1c[n+](C)c(-c2ccccc2C)cc13.[2H]C([2H])([2H])c1ccc(-c2cc3c(c[n+]2C)sc2cc4cc(-c5ccccc5)ccc4cc23)c(C)c1.[2H]C1(c2ccc3cc4c(cc3c2)sc2c[n+](C)c(-c3ccccc3C)cc24)CCC(C)(C)CC1. The fourth-order valence-corrected chi connectivity index (χ4v) is 17.7. The number of hydrogen-bond acceptors (Lipinski definition) is 3. The molecule has 1 saturated carbocycles. The number of benzene rings is 10. The quantitative estimate of drug-likeness (QED) is 0.147. The molecule has 0 saturated heterocycles. The second-order valence-corrected chi connectivity index (χ2v) is 30.2. The van der Waals surface area contributed by atoms with Gasteiger partial charge in [-0.1, -0.05) is 161 Å². The van der Waals surface area contributed by atoms with E-state index in [0.717, 1.165) is 48.1 Å². The Morgan fingerprint density at radius 3 is 1.34 bits per heavy atom. The highest BCUT2D eigenvalue weighted by atomic mass is 32.1. The topological polar surface area (TPSA) is 11.6 Å². The normalized spacial score (nSPS) is 14.9. The van der Waals surface area contributed by atoms with Gasteiger partial charge in [0.15, 0.2) is 18.6 Å². The zero-order valence-electron chi connectivity index (χ0n) is 59.8. The highest BCUT2D eigenvalue weighted by Crippen LogP contribution is 2.45. The molecule has 458 valence electrons. The molecule has 17 rings (SSSR count). The number of thiophene rings is 3. The van der Waals surface area contributed by atoms with E-state index >= 15 is 0 Å². The fourth-order valence-electron chi connectivity index (χ4n) is 14.2. The third kappa shape index (κ3) is 11.6. The van der Waals surface area contributed by atoms with E-state index in [0.29, 0.717) is 11.0 Å². The van der Waals surface area contributed by atoms with E-state index in [1.807, 2.05) is 66.9 Å². The molecule has 0 bridgehead atoms. The Balaban J connectivity index is 0.000000121. The first-order valence-electron chi connectivity index (χ1n) is 35.0. The second-order valence-electron chi connectivity index (χ2n) is 27.0. The minimum atomic E-state index is -2.10. The number of nitrogens with zero attached hydrogens (tertiary/aromatic N) is 3. The molecule has 0 amide bonds. The lowest BCUT2D eigenvalue weighted by Crippen LogP contribution is -2.30. The van der Waals surface area contributed by atoms with Crippen LogP contribution in [0.5, 0.6) is 0 Å². The van der Waals surface area contributed by atoms with Crippen LogP contribution in [-0.4, -0.2) is 0 Å². The lowest BCUT2D eigenvalue weighted by atomic mass is 9.71. The summed E-state index contributed by atoms with van der Waals surface area (Å²) in [7, 11) is 6.33. The van der Waals surface area contributed by atoms with Crippen LogP contribution in [0.25, 0.3) is 138 Å². The first-order chi connectivity index (χ1) is 46.8. The van der Waals surface area contributed by atoms with Crippen LogP contribution in [-0.2, 0) is 21.1 Å². The predicted molar refractivity (Wildman–Crippen MR) is 404 cm³/mol. The molecule has 0 spiro atoms. The zero-order chi connectivity index (χ0) is 68.3. The summed E-state index contributed by atoms with van der Waals surface area (Å²) < 4.78 is 55.1. The number of aromatic nitrogens is 3. The molecular weight excluding hydrogens is 1180 g/mol. The van der Waals surface area contributed by atoms with Gasteiger partial charge in [0.05, 0.1) is 14.1 Å². The lowest BCUT2D eigenvalue weighted by molar-refractivity contribution is -0.659. The standard InChI is InChI=1S/C31H32NS.C30H24NS.C26H24NS/c1-20-7-5-6-8-25(20)28-18-27-26-16-23-10-9-22(21-11-13-31(2,3)14-12-21)15-24(23)17-29(26)33-30(27)19-32(28)4;1-19-9-12-25(20(2)13-19)28-17-27-26-15-23-11-10-22(21-7-5-4-6-8-21)14-24(23)16-29(26)32-30(27)18-31(28)3;1-16(2)18-9-10-19-12-22-23-14-24(21-8-6-5-7-17(21)3)27(4)15-26(23)28-25(22)13-20(19)11-18/h5-10,15-19,21H,11-14H2,1-4H3;4-18H,1-3H3;5-16H,1-4H3/q3*+1/i21D;1D3;16D. The Morgan fingerprint density at radius 1 is 0.419 bits per heavy atom. The molecule has 16 aromatic rings. The minimum Gasteiger partial charge on any atom is -0.200 e. The van der Waals surface area contributed by atoms with E-state index in [1.54, 1.807) is 12.1 Å². The van der Waals surface area contributed by atoms with Gasteiger partial charge in [0.25, 0.3) is 0 Å². The largest absolute Gasteiger partial charge is 0.213 e.